The molecule has 1 N–H and O–H groups in total. The van der Waals surface area contributed by atoms with E-state index in [1.54, 1.807) is 0 Å². The van der Waals surface area contributed by atoms with E-state index >= 15 is 0 Å². The number of rotatable bonds is 0. The van der Waals surface area contributed by atoms with Crippen LogP contribution in [0.5, 0.6) is 0 Å². The first kappa shape index (κ1) is 10.8. The molecule has 3 atom stereocenters. The second kappa shape index (κ2) is 4.03. The van der Waals surface area contributed by atoms with Gasteiger partial charge in [0.1, 0.15) is 0 Å². The highest BCUT2D eigenvalue weighted by Crippen LogP contribution is 2.39. The first-order chi connectivity index (χ1) is 6.61. The Hall–Kier alpha value is 0.270. The van der Waals surface area contributed by atoms with Gasteiger partial charge in [-0.3, -0.25) is 0 Å². The topological polar surface area (TPSA) is 15.3 Å². The number of piperidine rings is 1. The molecule has 2 aliphatic rings. The van der Waals surface area contributed by atoms with Gasteiger partial charge < -0.3 is 10.2 Å². The van der Waals surface area contributed by atoms with Crippen LogP contribution in [0.25, 0.3) is 0 Å². The first-order valence-electron chi connectivity index (χ1n) is 5.73. The van der Waals surface area contributed by atoms with Crippen molar-refractivity contribution >= 4 is 11.8 Å². The Morgan fingerprint density at radius 1 is 1.43 bits per heavy atom. The fraction of sp³-hybridized carbons (Fsp3) is 1.00. The summed E-state index contributed by atoms with van der Waals surface area (Å²) in [6, 6.07) is 1.45. The standard InChI is InChI=1S/C11H22N2S/c1-9-4-7-14-11(12-9)5-6-13(3)10(2)8-11/h9-10,12H,4-8H2,1-3H3. The van der Waals surface area contributed by atoms with Gasteiger partial charge in [-0.15, -0.1) is 11.8 Å². The van der Waals surface area contributed by atoms with E-state index in [4.69, 9.17) is 0 Å². The fourth-order valence-corrected chi connectivity index (χ4v) is 4.31. The van der Waals surface area contributed by atoms with Crippen molar-refractivity contribution in [3.05, 3.63) is 0 Å². The van der Waals surface area contributed by atoms with Gasteiger partial charge in [-0.25, -0.2) is 0 Å². The molecular formula is C11H22N2S. The minimum absolute atomic E-state index is 0.406. The van der Waals surface area contributed by atoms with Crippen molar-refractivity contribution in [1.29, 1.82) is 0 Å². The minimum atomic E-state index is 0.406. The van der Waals surface area contributed by atoms with Crippen LogP contribution in [0.1, 0.15) is 33.1 Å². The third-order valence-electron chi connectivity index (χ3n) is 3.68. The molecule has 2 fully saturated rings. The Morgan fingerprint density at radius 2 is 2.21 bits per heavy atom. The lowest BCUT2D eigenvalue weighted by Crippen LogP contribution is -2.58. The van der Waals surface area contributed by atoms with Crippen LogP contribution in [-0.2, 0) is 0 Å². The third kappa shape index (κ3) is 2.10. The lowest BCUT2D eigenvalue weighted by atomic mass is 9.96. The van der Waals surface area contributed by atoms with Crippen molar-refractivity contribution < 1.29 is 0 Å². The number of nitrogens with zero attached hydrogens (tertiary/aromatic N) is 1. The van der Waals surface area contributed by atoms with E-state index in [0.29, 0.717) is 10.9 Å². The highest BCUT2D eigenvalue weighted by atomic mass is 32.2. The number of likely N-dealkylation sites (tertiary alicyclic amines) is 1. The molecule has 82 valence electrons. The minimum Gasteiger partial charge on any atom is -0.303 e. The Kier molecular flexibility index (Phi) is 3.10. The Bertz CT molecular complexity index is 209. The normalized spacial score (nSPS) is 45.6. The van der Waals surface area contributed by atoms with Crippen molar-refractivity contribution in [2.45, 2.75) is 50.1 Å². The molecule has 2 saturated heterocycles. The van der Waals surface area contributed by atoms with Crippen molar-refractivity contribution in [3.8, 4) is 0 Å². The van der Waals surface area contributed by atoms with Gasteiger partial charge in [0, 0.05) is 18.6 Å². The summed E-state index contributed by atoms with van der Waals surface area (Å²) in [7, 11) is 2.24. The smallest absolute Gasteiger partial charge is 0.0674 e. The Morgan fingerprint density at radius 3 is 2.86 bits per heavy atom. The highest BCUT2D eigenvalue weighted by molar-refractivity contribution is 8.00. The molecule has 14 heavy (non-hydrogen) atoms. The summed E-state index contributed by atoms with van der Waals surface area (Å²) >= 11 is 2.16. The quantitative estimate of drug-likeness (QED) is 0.663. The largest absolute Gasteiger partial charge is 0.303 e. The van der Waals surface area contributed by atoms with Crippen LogP contribution in [0.15, 0.2) is 0 Å². The lowest BCUT2D eigenvalue weighted by molar-refractivity contribution is 0.145. The van der Waals surface area contributed by atoms with Gasteiger partial charge in [0.25, 0.3) is 0 Å². The van der Waals surface area contributed by atoms with E-state index in [2.05, 4.69) is 42.9 Å². The van der Waals surface area contributed by atoms with Crippen LogP contribution in [0, 0.1) is 0 Å². The Balaban J connectivity index is 2.01. The SMILES string of the molecule is CC1CCSC2(CCN(C)C(C)C2)N1. The third-order valence-corrected chi connectivity index (χ3v) is 5.17. The zero-order valence-corrected chi connectivity index (χ0v) is 10.4. The predicted molar refractivity (Wildman–Crippen MR) is 63.7 cm³/mol. The van der Waals surface area contributed by atoms with Crippen LogP contribution >= 0.6 is 11.8 Å². The van der Waals surface area contributed by atoms with E-state index in [1.807, 2.05) is 0 Å². The molecule has 0 radical (unpaired) electrons. The maximum absolute atomic E-state index is 3.82. The van der Waals surface area contributed by atoms with Crippen molar-refractivity contribution in [2.75, 3.05) is 19.3 Å². The molecule has 0 aromatic carbocycles. The average Bonchev–Trinajstić information content (AvgIpc) is 2.12. The van der Waals surface area contributed by atoms with E-state index in [1.165, 1.54) is 31.6 Å². The predicted octanol–water partition coefficient (Wildman–Crippen LogP) is 1.91. The van der Waals surface area contributed by atoms with Gasteiger partial charge in [-0.2, -0.15) is 0 Å². The van der Waals surface area contributed by atoms with Crippen molar-refractivity contribution in [1.82, 2.24) is 10.2 Å². The van der Waals surface area contributed by atoms with E-state index in [-0.39, 0.29) is 0 Å². The summed E-state index contributed by atoms with van der Waals surface area (Å²) in [5, 5.41) is 3.82. The number of nitrogens with one attached hydrogen (secondary N) is 1. The second-order valence-electron chi connectivity index (χ2n) is 4.96. The van der Waals surface area contributed by atoms with Gasteiger partial charge in [-0.1, -0.05) is 0 Å². The van der Waals surface area contributed by atoms with Crippen molar-refractivity contribution in [2.24, 2.45) is 0 Å². The molecule has 2 rings (SSSR count). The first-order valence-corrected chi connectivity index (χ1v) is 6.72. The maximum atomic E-state index is 3.82. The van der Waals surface area contributed by atoms with E-state index < -0.39 is 0 Å². The average molecular weight is 214 g/mol. The molecule has 1 spiro atoms. The van der Waals surface area contributed by atoms with Gasteiger partial charge >= 0.3 is 0 Å². The zero-order chi connectivity index (χ0) is 10.2. The number of hydrogen-bond donors (Lipinski definition) is 1. The molecule has 2 nitrogen and oxygen atoms in total. The van der Waals surface area contributed by atoms with E-state index in [9.17, 15) is 0 Å². The Labute approximate surface area is 91.8 Å². The summed E-state index contributed by atoms with van der Waals surface area (Å²) < 4.78 is 0. The molecule has 3 heteroatoms. The molecule has 0 bridgehead atoms. The van der Waals surface area contributed by atoms with Crippen LogP contribution in [-0.4, -0.2) is 41.2 Å². The highest BCUT2D eigenvalue weighted by Gasteiger charge is 2.39. The molecule has 2 aliphatic heterocycles. The summed E-state index contributed by atoms with van der Waals surface area (Å²) in [6.45, 7) is 5.92. The lowest BCUT2D eigenvalue weighted by Gasteiger charge is -2.48. The maximum Gasteiger partial charge on any atom is 0.0674 e. The van der Waals surface area contributed by atoms with Gasteiger partial charge in [-0.05, 0) is 45.9 Å². The summed E-state index contributed by atoms with van der Waals surface area (Å²) in [5.41, 5.74) is 0. The summed E-state index contributed by atoms with van der Waals surface area (Å²) in [4.78, 5) is 2.89. The zero-order valence-electron chi connectivity index (χ0n) is 9.55. The molecule has 0 amide bonds. The molecule has 3 unspecified atom stereocenters. The molecule has 0 aromatic rings. The molecule has 0 aromatic heterocycles. The summed E-state index contributed by atoms with van der Waals surface area (Å²) in [5.74, 6) is 1.34. The van der Waals surface area contributed by atoms with Crippen LogP contribution in [0.2, 0.25) is 0 Å². The molecular weight excluding hydrogens is 192 g/mol. The van der Waals surface area contributed by atoms with Crippen molar-refractivity contribution in [3.63, 3.8) is 0 Å². The molecule has 0 saturated carbocycles. The van der Waals surface area contributed by atoms with Crippen LogP contribution in [0.4, 0.5) is 0 Å². The van der Waals surface area contributed by atoms with Gasteiger partial charge in [0.2, 0.25) is 0 Å². The van der Waals surface area contributed by atoms with E-state index in [0.717, 1.165) is 6.04 Å². The second-order valence-corrected chi connectivity index (χ2v) is 6.44. The molecule has 2 heterocycles. The molecule has 0 aliphatic carbocycles. The fourth-order valence-electron chi connectivity index (χ4n) is 2.57. The summed E-state index contributed by atoms with van der Waals surface area (Å²) in [6.07, 6.45) is 3.94. The van der Waals surface area contributed by atoms with Gasteiger partial charge in [0.15, 0.2) is 0 Å². The number of hydrogen-bond acceptors (Lipinski definition) is 3. The van der Waals surface area contributed by atoms with Crippen LogP contribution in [0.3, 0.4) is 0 Å². The van der Waals surface area contributed by atoms with Gasteiger partial charge in [0.05, 0.1) is 4.87 Å². The monoisotopic (exact) mass is 214 g/mol. The van der Waals surface area contributed by atoms with Crippen LogP contribution < -0.4 is 5.32 Å². The number of thioether (sulfide) groups is 1.